The highest BCUT2D eigenvalue weighted by Gasteiger charge is 2.03. The Morgan fingerprint density at radius 3 is 2.65 bits per heavy atom. The van der Waals surface area contributed by atoms with Crippen LogP contribution in [0.1, 0.15) is 11.3 Å². The maximum absolute atomic E-state index is 13.6. The van der Waals surface area contributed by atoms with E-state index < -0.39 is 0 Å². The Morgan fingerprint density at radius 1 is 1.12 bits per heavy atom. The molecule has 26 heavy (non-hydrogen) atoms. The first-order chi connectivity index (χ1) is 12.6. The molecule has 0 saturated heterocycles. The zero-order chi connectivity index (χ0) is 18.4. The fourth-order valence-electron chi connectivity index (χ4n) is 2.34. The first kappa shape index (κ1) is 18.1. The second-order valence-electron chi connectivity index (χ2n) is 5.49. The molecular weight excluding hydrogens is 371 g/mol. The van der Waals surface area contributed by atoms with Gasteiger partial charge in [0.15, 0.2) is 5.11 Å². The molecule has 4 nitrogen and oxygen atoms in total. The van der Waals surface area contributed by atoms with Crippen molar-refractivity contribution < 1.29 is 4.39 Å². The van der Waals surface area contributed by atoms with Gasteiger partial charge in [0.2, 0.25) is 0 Å². The first-order valence-corrected chi connectivity index (χ1v) is 8.64. The van der Waals surface area contributed by atoms with Crippen LogP contribution < -0.4 is 10.7 Å². The average Bonchev–Trinajstić information content (AvgIpc) is 3.06. The predicted octanol–water partition coefficient (Wildman–Crippen LogP) is 4.65. The number of aromatic nitrogens is 1. The van der Waals surface area contributed by atoms with E-state index in [1.807, 2.05) is 47.2 Å². The highest BCUT2D eigenvalue weighted by molar-refractivity contribution is 7.80. The van der Waals surface area contributed by atoms with Crippen LogP contribution in [0.5, 0.6) is 0 Å². The number of rotatable bonds is 5. The van der Waals surface area contributed by atoms with Crippen molar-refractivity contribution in [2.75, 3.05) is 5.32 Å². The van der Waals surface area contributed by atoms with Gasteiger partial charge in [-0.25, -0.2) is 4.39 Å². The van der Waals surface area contributed by atoms with Crippen LogP contribution >= 0.6 is 23.8 Å². The largest absolute Gasteiger partial charge is 0.342 e. The second kappa shape index (κ2) is 8.60. The first-order valence-electron chi connectivity index (χ1n) is 7.86. The number of hydrogen-bond donors (Lipinski definition) is 2. The zero-order valence-electron chi connectivity index (χ0n) is 13.7. The molecule has 0 aliphatic carbocycles. The summed E-state index contributed by atoms with van der Waals surface area (Å²) >= 11 is 11.0. The number of nitrogens with one attached hydrogen (secondary N) is 2. The highest BCUT2D eigenvalue weighted by atomic mass is 35.5. The maximum atomic E-state index is 13.6. The number of nitrogens with zero attached hydrogens (tertiary/aromatic N) is 2. The van der Waals surface area contributed by atoms with Crippen LogP contribution in [0.4, 0.5) is 10.1 Å². The normalized spacial score (nSPS) is 10.8. The summed E-state index contributed by atoms with van der Waals surface area (Å²) in [5.74, 6) is -0.377. The number of hydrazone groups is 1. The zero-order valence-corrected chi connectivity index (χ0v) is 15.3. The van der Waals surface area contributed by atoms with Crippen LogP contribution in [0, 0.1) is 5.82 Å². The second-order valence-corrected chi connectivity index (χ2v) is 6.34. The summed E-state index contributed by atoms with van der Waals surface area (Å²) in [6.45, 7) is 0.698. The molecule has 0 fully saturated rings. The van der Waals surface area contributed by atoms with E-state index in [0.717, 1.165) is 11.3 Å². The van der Waals surface area contributed by atoms with E-state index in [4.69, 9.17) is 23.8 Å². The molecule has 1 aromatic heterocycles. The molecule has 0 spiro atoms. The minimum Gasteiger partial charge on any atom is -0.342 e. The topological polar surface area (TPSA) is 41.4 Å². The molecule has 0 saturated carbocycles. The van der Waals surface area contributed by atoms with Crippen LogP contribution in [-0.2, 0) is 6.54 Å². The van der Waals surface area contributed by atoms with Crippen LogP contribution in [-0.4, -0.2) is 15.9 Å². The van der Waals surface area contributed by atoms with Gasteiger partial charge in [0.1, 0.15) is 5.82 Å². The number of hydrogen-bond acceptors (Lipinski definition) is 2. The summed E-state index contributed by atoms with van der Waals surface area (Å²) < 4.78 is 15.6. The summed E-state index contributed by atoms with van der Waals surface area (Å²) in [5.41, 5.74) is 5.02. The Bertz CT molecular complexity index is 921. The number of para-hydroxylation sites is 1. The smallest absolute Gasteiger partial charge is 0.191 e. The van der Waals surface area contributed by atoms with E-state index >= 15 is 0 Å². The van der Waals surface area contributed by atoms with Gasteiger partial charge in [0.05, 0.1) is 17.6 Å². The van der Waals surface area contributed by atoms with Crippen molar-refractivity contribution in [1.82, 2.24) is 9.99 Å². The summed E-state index contributed by atoms with van der Waals surface area (Å²) in [4.78, 5) is 0. The maximum Gasteiger partial charge on any atom is 0.191 e. The molecule has 2 N–H and O–H groups in total. The van der Waals surface area contributed by atoms with E-state index in [1.54, 1.807) is 24.4 Å². The molecule has 0 aliphatic rings. The Morgan fingerprint density at radius 2 is 1.88 bits per heavy atom. The summed E-state index contributed by atoms with van der Waals surface area (Å²) in [5, 5.41) is 7.80. The Kier molecular flexibility index (Phi) is 5.99. The molecule has 1 heterocycles. The number of benzene rings is 2. The molecule has 0 radical (unpaired) electrons. The quantitative estimate of drug-likeness (QED) is 0.381. The lowest BCUT2D eigenvalue weighted by Gasteiger charge is -2.08. The molecule has 0 bridgehead atoms. The standard InChI is InChI=1S/C19H16ClFN4S/c20-15-9-7-14(8-10-15)13-25-11-3-4-16(25)12-22-24-19(26)23-18-6-2-1-5-17(18)21/h1-12H,13H2,(H2,23,24,26)/b22-12-. The van der Waals surface area contributed by atoms with Gasteiger partial charge in [0, 0.05) is 17.8 Å². The third kappa shape index (κ3) is 4.91. The van der Waals surface area contributed by atoms with E-state index in [9.17, 15) is 4.39 Å². The van der Waals surface area contributed by atoms with Gasteiger partial charge in [-0.2, -0.15) is 5.10 Å². The predicted molar refractivity (Wildman–Crippen MR) is 108 cm³/mol. The van der Waals surface area contributed by atoms with Crippen molar-refractivity contribution >= 4 is 40.8 Å². The molecule has 0 amide bonds. The fourth-order valence-corrected chi connectivity index (χ4v) is 2.63. The monoisotopic (exact) mass is 386 g/mol. The minimum absolute atomic E-state index is 0.210. The van der Waals surface area contributed by atoms with Gasteiger partial charge in [-0.05, 0) is 54.2 Å². The molecular formula is C19H16ClFN4S. The number of anilines is 1. The highest BCUT2D eigenvalue weighted by Crippen LogP contribution is 2.13. The SMILES string of the molecule is Fc1ccccc1NC(=S)N/N=C\c1cccn1Cc1ccc(Cl)cc1. The van der Waals surface area contributed by atoms with Crippen molar-refractivity contribution in [3.63, 3.8) is 0 Å². The molecule has 3 aromatic rings. The summed E-state index contributed by atoms with van der Waals surface area (Å²) in [6, 6.07) is 17.9. The van der Waals surface area contributed by atoms with Gasteiger partial charge in [-0.3, -0.25) is 5.43 Å². The van der Waals surface area contributed by atoms with Gasteiger partial charge in [0.25, 0.3) is 0 Å². The van der Waals surface area contributed by atoms with E-state index in [0.29, 0.717) is 17.3 Å². The van der Waals surface area contributed by atoms with E-state index in [1.165, 1.54) is 6.07 Å². The Balaban J connectivity index is 1.59. The fraction of sp³-hybridized carbons (Fsp3) is 0.0526. The van der Waals surface area contributed by atoms with E-state index in [-0.39, 0.29) is 10.9 Å². The van der Waals surface area contributed by atoms with Gasteiger partial charge in [-0.15, -0.1) is 0 Å². The van der Waals surface area contributed by atoms with Crippen LogP contribution in [0.2, 0.25) is 5.02 Å². The lowest BCUT2D eigenvalue weighted by molar-refractivity contribution is 0.632. The minimum atomic E-state index is -0.377. The molecule has 3 rings (SSSR count). The molecule has 2 aromatic carbocycles. The Hall–Kier alpha value is -2.70. The average molecular weight is 387 g/mol. The van der Waals surface area contributed by atoms with Crippen molar-refractivity contribution in [3.05, 3.63) is 89.0 Å². The summed E-state index contributed by atoms with van der Waals surface area (Å²) in [6.07, 6.45) is 3.62. The third-order valence-electron chi connectivity index (χ3n) is 3.62. The van der Waals surface area contributed by atoms with Crippen LogP contribution in [0.15, 0.2) is 72.0 Å². The Labute approximate surface area is 161 Å². The lowest BCUT2D eigenvalue weighted by Crippen LogP contribution is -2.24. The molecule has 0 atom stereocenters. The van der Waals surface area contributed by atoms with Crippen molar-refractivity contribution in [1.29, 1.82) is 0 Å². The van der Waals surface area contributed by atoms with Gasteiger partial charge < -0.3 is 9.88 Å². The number of halogens is 2. The summed E-state index contributed by atoms with van der Waals surface area (Å²) in [7, 11) is 0. The van der Waals surface area contributed by atoms with Crippen molar-refractivity contribution in [2.45, 2.75) is 6.54 Å². The third-order valence-corrected chi connectivity index (χ3v) is 4.06. The van der Waals surface area contributed by atoms with Crippen LogP contribution in [0.3, 0.4) is 0 Å². The van der Waals surface area contributed by atoms with Gasteiger partial charge in [-0.1, -0.05) is 35.9 Å². The molecule has 0 unspecified atom stereocenters. The van der Waals surface area contributed by atoms with Crippen molar-refractivity contribution in [3.8, 4) is 0 Å². The molecule has 132 valence electrons. The van der Waals surface area contributed by atoms with Gasteiger partial charge >= 0.3 is 0 Å². The molecule has 0 aliphatic heterocycles. The lowest BCUT2D eigenvalue weighted by atomic mass is 10.2. The number of thiocarbonyl (C=S) groups is 1. The van der Waals surface area contributed by atoms with Crippen LogP contribution in [0.25, 0.3) is 0 Å². The van der Waals surface area contributed by atoms with Crippen molar-refractivity contribution in [2.24, 2.45) is 5.10 Å². The molecule has 7 heteroatoms. The van der Waals surface area contributed by atoms with E-state index in [2.05, 4.69) is 15.8 Å².